The monoisotopic (exact) mass is 272 g/mol. The van der Waals surface area contributed by atoms with Gasteiger partial charge in [0.1, 0.15) is 0 Å². The number of fused-ring (bicyclic) bond motifs is 1. The molecule has 0 saturated carbocycles. The first-order chi connectivity index (χ1) is 7.84. The molecule has 2 aromatic carbocycles. The van der Waals surface area contributed by atoms with Crippen LogP contribution in [0.2, 0.25) is 0 Å². The molecule has 3 rings (SSSR count). The first-order valence-electron chi connectivity index (χ1n) is 5.19. The predicted molar refractivity (Wildman–Crippen MR) is 69.1 cm³/mol. The van der Waals surface area contributed by atoms with Crippen LogP contribution in [0.1, 0.15) is 0 Å². The summed E-state index contributed by atoms with van der Waals surface area (Å²) in [6, 6.07) is 18.8. The number of para-hydroxylation sites is 1. The second-order valence-electron chi connectivity index (χ2n) is 3.77. The SMILES string of the molecule is [Se]c1ccccc1-c1cc2ccccc2[nH]1. The molecule has 1 radical (unpaired) electrons. The van der Waals surface area contributed by atoms with Gasteiger partial charge in [0.15, 0.2) is 0 Å². The molecule has 0 atom stereocenters. The van der Waals surface area contributed by atoms with Crippen LogP contribution in [0.25, 0.3) is 22.2 Å². The molecule has 16 heavy (non-hydrogen) atoms. The first kappa shape index (κ1) is 9.71. The van der Waals surface area contributed by atoms with Crippen LogP contribution in [-0.4, -0.2) is 21.0 Å². The van der Waals surface area contributed by atoms with E-state index in [-0.39, 0.29) is 0 Å². The van der Waals surface area contributed by atoms with Crippen LogP contribution >= 0.6 is 0 Å². The molecule has 0 aliphatic carbocycles. The molecule has 0 spiro atoms. The predicted octanol–water partition coefficient (Wildman–Crippen LogP) is 2.63. The summed E-state index contributed by atoms with van der Waals surface area (Å²) in [5.74, 6) is 0. The molecule has 0 bridgehead atoms. The number of hydrogen-bond acceptors (Lipinski definition) is 0. The van der Waals surface area contributed by atoms with E-state index in [1.165, 1.54) is 20.9 Å². The minimum absolute atomic E-state index is 1.16. The Hall–Kier alpha value is -1.50. The fourth-order valence-corrected chi connectivity index (χ4v) is 2.45. The van der Waals surface area contributed by atoms with Gasteiger partial charge in [-0.25, -0.2) is 0 Å². The Morgan fingerprint density at radius 2 is 1.62 bits per heavy atom. The third kappa shape index (κ3) is 1.56. The summed E-state index contributed by atoms with van der Waals surface area (Å²) >= 11 is 3.09. The molecule has 0 amide bonds. The molecule has 1 heterocycles. The summed E-state index contributed by atoms with van der Waals surface area (Å²) in [4.78, 5) is 3.43. The van der Waals surface area contributed by atoms with Crippen molar-refractivity contribution in [2.75, 3.05) is 0 Å². The Balaban J connectivity index is 2.23. The van der Waals surface area contributed by atoms with E-state index in [0.29, 0.717) is 0 Å². The van der Waals surface area contributed by atoms with Gasteiger partial charge in [0.05, 0.1) is 0 Å². The Morgan fingerprint density at radius 1 is 0.875 bits per heavy atom. The number of benzene rings is 2. The summed E-state index contributed by atoms with van der Waals surface area (Å²) in [6.07, 6.45) is 0. The molecule has 0 unspecified atom stereocenters. The molecular formula is C14H10NSe. The van der Waals surface area contributed by atoms with Gasteiger partial charge in [-0.1, -0.05) is 0 Å². The molecule has 0 aliphatic rings. The summed E-state index contributed by atoms with van der Waals surface area (Å²) in [7, 11) is 0. The molecule has 0 fully saturated rings. The van der Waals surface area contributed by atoms with Gasteiger partial charge in [0, 0.05) is 0 Å². The third-order valence-corrected chi connectivity index (χ3v) is 3.45. The van der Waals surface area contributed by atoms with Gasteiger partial charge in [-0.2, -0.15) is 0 Å². The van der Waals surface area contributed by atoms with Crippen LogP contribution in [-0.2, 0) is 0 Å². The van der Waals surface area contributed by atoms with Gasteiger partial charge in [0.2, 0.25) is 0 Å². The van der Waals surface area contributed by atoms with E-state index in [0.717, 1.165) is 5.69 Å². The molecule has 1 N–H and O–H groups in total. The molecule has 0 aliphatic heterocycles. The van der Waals surface area contributed by atoms with Crippen molar-refractivity contribution in [3.8, 4) is 11.3 Å². The van der Waals surface area contributed by atoms with Crippen molar-refractivity contribution in [2.45, 2.75) is 0 Å². The molecular weight excluding hydrogens is 261 g/mol. The van der Waals surface area contributed by atoms with E-state index >= 15 is 0 Å². The Bertz CT molecular complexity index is 607. The van der Waals surface area contributed by atoms with Crippen molar-refractivity contribution < 1.29 is 0 Å². The summed E-state index contributed by atoms with van der Waals surface area (Å²) in [5, 5.41) is 1.25. The van der Waals surface area contributed by atoms with Gasteiger partial charge in [0.25, 0.3) is 0 Å². The van der Waals surface area contributed by atoms with E-state index in [4.69, 9.17) is 0 Å². The van der Waals surface area contributed by atoms with Crippen molar-refractivity contribution in [2.24, 2.45) is 0 Å². The van der Waals surface area contributed by atoms with Crippen LogP contribution in [0.15, 0.2) is 54.6 Å². The van der Waals surface area contributed by atoms with E-state index in [1.54, 1.807) is 0 Å². The van der Waals surface area contributed by atoms with Gasteiger partial charge in [-0.05, 0) is 0 Å². The maximum atomic E-state index is 3.43. The number of rotatable bonds is 1. The van der Waals surface area contributed by atoms with Gasteiger partial charge < -0.3 is 0 Å². The standard InChI is InChI=1S/C14H10NSe/c16-14-8-4-2-6-11(14)13-9-10-5-1-3-7-12(10)15-13/h1-9,15H. The summed E-state index contributed by atoms with van der Waals surface area (Å²) in [5.41, 5.74) is 3.56. The molecule has 0 saturated heterocycles. The second kappa shape index (κ2) is 3.82. The average molecular weight is 271 g/mol. The zero-order chi connectivity index (χ0) is 11.0. The Morgan fingerprint density at radius 3 is 2.44 bits per heavy atom. The van der Waals surface area contributed by atoms with Crippen molar-refractivity contribution in [1.82, 2.24) is 4.98 Å². The molecule has 1 aromatic heterocycles. The zero-order valence-corrected chi connectivity index (χ0v) is 10.3. The number of aromatic nitrogens is 1. The van der Waals surface area contributed by atoms with E-state index in [9.17, 15) is 0 Å². The summed E-state index contributed by atoms with van der Waals surface area (Å²) in [6.45, 7) is 0. The van der Waals surface area contributed by atoms with Gasteiger partial charge in [-0.15, -0.1) is 0 Å². The van der Waals surface area contributed by atoms with E-state index in [1.807, 2.05) is 12.1 Å². The van der Waals surface area contributed by atoms with Crippen LogP contribution in [0.4, 0.5) is 0 Å². The fourth-order valence-electron chi connectivity index (χ4n) is 1.91. The quantitative estimate of drug-likeness (QED) is 0.655. The number of H-pyrrole nitrogens is 1. The Kier molecular flexibility index (Phi) is 2.32. The minimum atomic E-state index is 1.16. The molecule has 2 heteroatoms. The van der Waals surface area contributed by atoms with Gasteiger partial charge >= 0.3 is 102 Å². The Labute approximate surface area is 102 Å². The van der Waals surface area contributed by atoms with Crippen molar-refractivity contribution in [3.05, 3.63) is 54.6 Å². The second-order valence-corrected chi connectivity index (χ2v) is 4.69. The normalized spacial score (nSPS) is 10.8. The van der Waals surface area contributed by atoms with Crippen LogP contribution in [0.5, 0.6) is 0 Å². The topological polar surface area (TPSA) is 15.8 Å². The number of hydrogen-bond donors (Lipinski definition) is 1. The van der Waals surface area contributed by atoms with E-state index in [2.05, 4.69) is 63.5 Å². The van der Waals surface area contributed by atoms with Gasteiger partial charge in [-0.3, -0.25) is 0 Å². The van der Waals surface area contributed by atoms with Crippen LogP contribution < -0.4 is 4.46 Å². The zero-order valence-electron chi connectivity index (χ0n) is 8.60. The number of nitrogens with one attached hydrogen (secondary N) is 1. The third-order valence-electron chi connectivity index (χ3n) is 2.71. The maximum absolute atomic E-state index is 3.43. The summed E-state index contributed by atoms with van der Waals surface area (Å²) < 4.78 is 1.18. The van der Waals surface area contributed by atoms with Crippen molar-refractivity contribution in [1.29, 1.82) is 0 Å². The first-order valence-corrected chi connectivity index (χ1v) is 6.04. The molecule has 1 nitrogen and oxygen atoms in total. The molecule has 77 valence electrons. The van der Waals surface area contributed by atoms with Crippen LogP contribution in [0.3, 0.4) is 0 Å². The van der Waals surface area contributed by atoms with E-state index < -0.39 is 0 Å². The fraction of sp³-hybridized carbons (Fsp3) is 0. The van der Waals surface area contributed by atoms with Crippen molar-refractivity contribution in [3.63, 3.8) is 0 Å². The average Bonchev–Trinajstić information content (AvgIpc) is 2.73. The van der Waals surface area contributed by atoms with Crippen LogP contribution in [0, 0.1) is 0 Å². The number of aromatic amines is 1. The van der Waals surface area contributed by atoms with Crippen molar-refractivity contribution >= 4 is 31.4 Å². The molecule has 3 aromatic rings.